The van der Waals surface area contributed by atoms with Crippen LogP contribution < -0.4 is 15.0 Å². The molecule has 0 spiro atoms. The van der Waals surface area contributed by atoms with E-state index in [0.29, 0.717) is 0 Å². The van der Waals surface area contributed by atoms with Gasteiger partial charge in [-0.3, -0.25) is 0 Å². The molecule has 1 aromatic heterocycles. The standard InChI is InChI=1S/C20H27N3O2/c1-2-14-25-18-7-5-16(6-8-18)15-22-19-4-3-11-21-20(19)23-12-9-17(24)10-13-23/h3-8,11,17,22,24H,2,9-10,12-15H2,1H3. The average Bonchev–Trinajstić information content (AvgIpc) is 2.66. The summed E-state index contributed by atoms with van der Waals surface area (Å²) in [6.45, 7) is 5.28. The molecule has 0 radical (unpaired) electrons. The average molecular weight is 341 g/mol. The third kappa shape index (κ3) is 4.86. The maximum absolute atomic E-state index is 9.70. The van der Waals surface area contributed by atoms with Crippen molar-refractivity contribution in [2.24, 2.45) is 0 Å². The second kappa shape index (κ2) is 8.72. The number of aliphatic hydroxyl groups excluding tert-OH is 1. The summed E-state index contributed by atoms with van der Waals surface area (Å²) in [6, 6.07) is 12.2. The zero-order valence-electron chi connectivity index (χ0n) is 14.8. The first-order valence-electron chi connectivity index (χ1n) is 9.10. The van der Waals surface area contributed by atoms with Crippen LogP contribution in [0.2, 0.25) is 0 Å². The molecule has 3 rings (SSSR count). The molecule has 5 nitrogen and oxygen atoms in total. The highest BCUT2D eigenvalue weighted by Gasteiger charge is 2.20. The zero-order valence-corrected chi connectivity index (χ0v) is 14.8. The summed E-state index contributed by atoms with van der Waals surface area (Å²) in [5.74, 6) is 1.89. The van der Waals surface area contributed by atoms with Crippen LogP contribution in [0.25, 0.3) is 0 Å². The van der Waals surface area contributed by atoms with Gasteiger partial charge in [-0.05, 0) is 49.1 Å². The van der Waals surface area contributed by atoms with Crippen LogP contribution in [0.3, 0.4) is 0 Å². The molecule has 0 aliphatic carbocycles. The number of rotatable bonds is 7. The van der Waals surface area contributed by atoms with Gasteiger partial charge in [0.2, 0.25) is 0 Å². The van der Waals surface area contributed by atoms with Gasteiger partial charge in [-0.15, -0.1) is 0 Å². The van der Waals surface area contributed by atoms with E-state index in [9.17, 15) is 5.11 Å². The van der Waals surface area contributed by atoms with Gasteiger partial charge >= 0.3 is 0 Å². The molecular weight excluding hydrogens is 314 g/mol. The molecule has 0 unspecified atom stereocenters. The van der Waals surface area contributed by atoms with Crippen molar-refractivity contribution >= 4 is 11.5 Å². The van der Waals surface area contributed by atoms with Crippen molar-refractivity contribution in [3.8, 4) is 5.75 Å². The Morgan fingerprint density at radius 1 is 1.20 bits per heavy atom. The lowest BCUT2D eigenvalue weighted by molar-refractivity contribution is 0.145. The van der Waals surface area contributed by atoms with Crippen molar-refractivity contribution in [3.63, 3.8) is 0 Å². The summed E-state index contributed by atoms with van der Waals surface area (Å²) < 4.78 is 5.62. The second-order valence-corrected chi connectivity index (χ2v) is 6.44. The smallest absolute Gasteiger partial charge is 0.151 e. The molecule has 1 aliphatic heterocycles. The topological polar surface area (TPSA) is 57.6 Å². The van der Waals surface area contributed by atoms with E-state index in [1.54, 1.807) is 0 Å². The number of nitrogens with one attached hydrogen (secondary N) is 1. The van der Waals surface area contributed by atoms with Gasteiger partial charge in [0.25, 0.3) is 0 Å². The number of anilines is 2. The molecule has 0 amide bonds. The van der Waals surface area contributed by atoms with E-state index in [-0.39, 0.29) is 6.10 Å². The van der Waals surface area contributed by atoms with Gasteiger partial charge in [0, 0.05) is 25.8 Å². The molecule has 25 heavy (non-hydrogen) atoms. The summed E-state index contributed by atoms with van der Waals surface area (Å²) in [5, 5.41) is 13.2. The van der Waals surface area contributed by atoms with Gasteiger partial charge < -0.3 is 20.1 Å². The fraction of sp³-hybridized carbons (Fsp3) is 0.450. The van der Waals surface area contributed by atoms with Crippen molar-refractivity contribution in [3.05, 3.63) is 48.2 Å². The maximum atomic E-state index is 9.70. The molecule has 1 aromatic carbocycles. The number of hydrogen-bond donors (Lipinski definition) is 2. The molecule has 0 atom stereocenters. The van der Waals surface area contributed by atoms with Crippen LogP contribution >= 0.6 is 0 Å². The van der Waals surface area contributed by atoms with Gasteiger partial charge in [0.05, 0.1) is 18.4 Å². The highest BCUT2D eigenvalue weighted by atomic mass is 16.5. The summed E-state index contributed by atoms with van der Waals surface area (Å²) >= 11 is 0. The third-order valence-corrected chi connectivity index (χ3v) is 4.43. The Hall–Kier alpha value is -2.27. The van der Waals surface area contributed by atoms with E-state index in [1.807, 2.05) is 24.4 Å². The first-order valence-corrected chi connectivity index (χ1v) is 9.10. The molecule has 1 fully saturated rings. The predicted molar refractivity (Wildman–Crippen MR) is 101 cm³/mol. The molecule has 1 aliphatic rings. The number of pyridine rings is 1. The van der Waals surface area contributed by atoms with Crippen LogP contribution in [-0.2, 0) is 6.54 Å². The summed E-state index contributed by atoms with van der Waals surface area (Å²) in [6.07, 6.45) is 4.26. The predicted octanol–water partition coefficient (Wildman–Crippen LogP) is 3.44. The Balaban J connectivity index is 1.61. The summed E-state index contributed by atoms with van der Waals surface area (Å²) in [4.78, 5) is 6.80. The number of aliphatic hydroxyl groups is 1. The molecule has 2 N–H and O–H groups in total. The Morgan fingerprint density at radius 3 is 2.68 bits per heavy atom. The SMILES string of the molecule is CCCOc1ccc(CNc2cccnc2N2CCC(O)CC2)cc1. The highest BCUT2D eigenvalue weighted by molar-refractivity contribution is 5.65. The lowest BCUT2D eigenvalue weighted by Crippen LogP contribution is -2.36. The molecule has 2 aromatic rings. The number of aromatic nitrogens is 1. The van der Waals surface area contributed by atoms with E-state index in [4.69, 9.17) is 4.74 Å². The van der Waals surface area contributed by atoms with Crippen molar-refractivity contribution in [1.82, 2.24) is 4.98 Å². The van der Waals surface area contributed by atoms with Crippen LogP contribution in [0.15, 0.2) is 42.6 Å². The van der Waals surface area contributed by atoms with Gasteiger partial charge in [-0.2, -0.15) is 0 Å². The number of ether oxygens (including phenoxy) is 1. The summed E-state index contributed by atoms with van der Waals surface area (Å²) in [5.41, 5.74) is 2.23. The number of benzene rings is 1. The molecule has 2 heterocycles. The van der Waals surface area contributed by atoms with Crippen LogP contribution in [0.5, 0.6) is 5.75 Å². The molecule has 0 bridgehead atoms. The number of nitrogens with zero attached hydrogens (tertiary/aromatic N) is 2. The first-order chi connectivity index (χ1) is 12.3. The minimum Gasteiger partial charge on any atom is -0.494 e. The Bertz CT molecular complexity index is 652. The highest BCUT2D eigenvalue weighted by Crippen LogP contribution is 2.26. The minimum absolute atomic E-state index is 0.176. The second-order valence-electron chi connectivity index (χ2n) is 6.44. The molecule has 0 saturated carbocycles. The van der Waals surface area contributed by atoms with Gasteiger partial charge in [-0.25, -0.2) is 4.98 Å². The summed E-state index contributed by atoms with van der Waals surface area (Å²) in [7, 11) is 0. The van der Waals surface area contributed by atoms with Gasteiger partial charge in [-0.1, -0.05) is 19.1 Å². The largest absolute Gasteiger partial charge is 0.494 e. The number of hydrogen-bond acceptors (Lipinski definition) is 5. The van der Waals surface area contributed by atoms with Crippen molar-refractivity contribution < 1.29 is 9.84 Å². The van der Waals surface area contributed by atoms with Crippen molar-refractivity contribution in [2.45, 2.75) is 38.8 Å². The molecule has 1 saturated heterocycles. The molecule has 134 valence electrons. The monoisotopic (exact) mass is 341 g/mol. The van der Waals surface area contributed by atoms with Crippen LogP contribution in [0, 0.1) is 0 Å². The van der Waals surface area contributed by atoms with E-state index in [2.05, 4.69) is 40.3 Å². The Morgan fingerprint density at radius 2 is 1.96 bits per heavy atom. The van der Waals surface area contributed by atoms with E-state index in [1.165, 1.54) is 5.56 Å². The fourth-order valence-electron chi connectivity index (χ4n) is 2.99. The van der Waals surface area contributed by atoms with Gasteiger partial charge in [0.1, 0.15) is 5.75 Å². The minimum atomic E-state index is -0.176. The van der Waals surface area contributed by atoms with Gasteiger partial charge in [0.15, 0.2) is 5.82 Å². The van der Waals surface area contributed by atoms with Crippen LogP contribution in [0.1, 0.15) is 31.7 Å². The first kappa shape index (κ1) is 17.5. The van der Waals surface area contributed by atoms with E-state index >= 15 is 0 Å². The Kier molecular flexibility index (Phi) is 6.12. The van der Waals surface area contributed by atoms with Crippen molar-refractivity contribution in [2.75, 3.05) is 29.9 Å². The lowest BCUT2D eigenvalue weighted by Gasteiger charge is -2.31. The van der Waals surface area contributed by atoms with E-state index in [0.717, 1.165) is 62.8 Å². The van der Waals surface area contributed by atoms with Crippen LogP contribution in [0.4, 0.5) is 11.5 Å². The normalized spacial score (nSPS) is 15.2. The third-order valence-electron chi connectivity index (χ3n) is 4.43. The quantitative estimate of drug-likeness (QED) is 0.808. The zero-order chi connectivity index (χ0) is 17.5. The van der Waals surface area contributed by atoms with E-state index < -0.39 is 0 Å². The molecule has 5 heteroatoms. The van der Waals surface area contributed by atoms with Crippen molar-refractivity contribution in [1.29, 1.82) is 0 Å². The fourth-order valence-corrected chi connectivity index (χ4v) is 2.99. The maximum Gasteiger partial charge on any atom is 0.151 e. The number of piperidine rings is 1. The van der Waals surface area contributed by atoms with Crippen LogP contribution in [-0.4, -0.2) is 35.9 Å². The Labute approximate surface area is 149 Å². The molecular formula is C20H27N3O2. The lowest BCUT2D eigenvalue weighted by atomic mass is 10.1.